The van der Waals surface area contributed by atoms with Crippen LogP contribution in [0.3, 0.4) is 0 Å². The zero-order chi connectivity index (χ0) is 20.6. The van der Waals surface area contributed by atoms with Gasteiger partial charge in [-0.3, -0.25) is 14.5 Å². The Morgan fingerprint density at radius 1 is 1.17 bits per heavy atom. The number of benzene rings is 2. The van der Waals surface area contributed by atoms with Crippen LogP contribution < -0.4 is 10.6 Å². The maximum Gasteiger partial charge on any atom is 0.325 e. The third-order valence-electron chi connectivity index (χ3n) is 5.91. The summed E-state index contributed by atoms with van der Waals surface area (Å²) in [5.41, 5.74) is 2.96. The topological polar surface area (TPSA) is 78.5 Å². The van der Waals surface area contributed by atoms with Crippen molar-refractivity contribution in [3.05, 3.63) is 70.8 Å². The van der Waals surface area contributed by atoms with Crippen LogP contribution in [0.4, 0.5) is 4.79 Å². The van der Waals surface area contributed by atoms with E-state index >= 15 is 0 Å². The predicted octanol–water partition coefficient (Wildman–Crippen LogP) is 2.96. The minimum absolute atomic E-state index is 0.0864. The van der Waals surface area contributed by atoms with Crippen LogP contribution in [-0.4, -0.2) is 29.3 Å². The fourth-order valence-corrected chi connectivity index (χ4v) is 4.21. The lowest BCUT2D eigenvalue weighted by atomic mass is 9.88. The number of fused-ring (bicyclic) bond motifs is 1. The molecule has 2 aromatic rings. The smallest absolute Gasteiger partial charge is 0.325 e. The molecular weight excluding hydrogens is 366 g/mol. The van der Waals surface area contributed by atoms with Crippen molar-refractivity contribution in [2.45, 2.75) is 44.7 Å². The number of hydrogen-bond acceptors (Lipinski definition) is 3. The third kappa shape index (κ3) is 3.50. The molecule has 1 saturated heterocycles. The highest BCUT2D eigenvalue weighted by Gasteiger charge is 2.49. The lowest BCUT2D eigenvalue weighted by Gasteiger charge is -2.27. The Hall–Kier alpha value is -3.15. The number of carbonyl (C=O) groups excluding carboxylic acids is 3. The number of hydrogen-bond donors (Lipinski definition) is 2. The number of carbonyl (C=O) groups is 3. The largest absolute Gasteiger partial charge is 0.348 e. The minimum atomic E-state index is -1.16. The van der Waals surface area contributed by atoms with Crippen LogP contribution in [0, 0.1) is 6.92 Å². The van der Waals surface area contributed by atoms with Crippen molar-refractivity contribution in [2.75, 3.05) is 6.54 Å². The maximum absolute atomic E-state index is 13.0. The molecule has 1 aliphatic carbocycles. The molecule has 1 heterocycles. The zero-order valence-electron chi connectivity index (χ0n) is 16.7. The second kappa shape index (κ2) is 7.35. The van der Waals surface area contributed by atoms with Crippen LogP contribution in [0.1, 0.15) is 48.1 Å². The molecule has 1 aliphatic heterocycles. The average molecular weight is 391 g/mol. The number of rotatable bonds is 4. The van der Waals surface area contributed by atoms with Crippen molar-refractivity contribution in [2.24, 2.45) is 0 Å². The van der Waals surface area contributed by atoms with Gasteiger partial charge in [0.05, 0.1) is 6.04 Å². The molecule has 2 aromatic carbocycles. The van der Waals surface area contributed by atoms with Gasteiger partial charge in [0.25, 0.3) is 5.91 Å². The Bertz CT molecular complexity index is 970. The highest BCUT2D eigenvalue weighted by molar-refractivity contribution is 6.09. The van der Waals surface area contributed by atoms with Gasteiger partial charge in [0.15, 0.2) is 0 Å². The number of nitrogens with zero attached hydrogens (tertiary/aromatic N) is 1. The van der Waals surface area contributed by atoms with Gasteiger partial charge in [-0.25, -0.2) is 4.79 Å². The molecule has 0 bridgehead atoms. The van der Waals surface area contributed by atoms with Gasteiger partial charge in [0.1, 0.15) is 12.1 Å². The van der Waals surface area contributed by atoms with E-state index in [0.29, 0.717) is 5.56 Å². The van der Waals surface area contributed by atoms with Gasteiger partial charge in [-0.1, -0.05) is 54.1 Å². The molecule has 4 rings (SSSR count). The predicted molar refractivity (Wildman–Crippen MR) is 109 cm³/mol. The molecule has 0 saturated carbocycles. The number of aryl methyl sites for hydroxylation is 2. The highest BCUT2D eigenvalue weighted by atomic mass is 16.2. The summed E-state index contributed by atoms with van der Waals surface area (Å²) in [5.74, 6) is -0.742. The van der Waals surface area contributed by atoms with Gasteiger partial charge >= 0.3 is 6.03 Å². The Kier molecular flexibility index (Phi) is 4.86. The van der Waals surface area contributed by atoms with E-state index in [0.717, 1.165) is 35.3 Å². The van der Waals surface area contributed by atoms with E-state index in [4.69, 9.17) is 0 Å². The average Bonchev–Trinajstić information content (AvgIpc) is 2.92. The number of amides is 4. The van der Waals surface area contributed by atoms with Gasteiger partial charge in [0, 0.05) is 0 Å². The van der Waals surface area contributed by atoms with Crippen LogP contribution in [-0.2, 0) is 21.5 Å². The summed E-state index contributed by atoms with van der Waals surface area (Å²) in [5, 5.41) is 5.75. The first-order valence-electron chi connectivity index (χ1n) is 9.97. The first-order chi connectivity index (χ1) is 13.9. The third-order valence-corrected chi connectivity index (χ3v) is 5.91. The summed E-state index contributed by atoms with van der Waals surface area (Å²) >= 11 is 0. The molecule has 2 aliphatic rings. The normalized spacial score (nSPS) is 23.5. The minimum Gasteiger partial charge on any atom is -0.348 e. The molecule has 4 amide bonds. The molecule has 1 fully saturated rings. The fourth-order valence-electron chi connectivity index (χ4n) is 4.21. The summed E-state index contributed by atoms with van der Waals surface area (Å²) < 4.78 is 0. The molecule has 29 heavy (non-hydrogen) atoms. The van der Waals surface area contributed by atoms with Crippen molar-refractivity contribution in [3.63, 3.8) is 0 Å². The standard InChI is InChI=1S/C23H25N3O3/c1-15-10-12-17(13-11-15)23(2)21(28)26(22(29)25-23)14-20(27)24-19-9-5-7-16-6-3-4-8-18(16)19/h3-4,6,8,10-13,19H,5,7,9,14H2,1-2H3,(H,24,27)(H,25,29)/t19-,23-/m0/s1. The first kappa shape index (κ1) is 19.2. The van der Waals surface area contributed by atoms with Crippen LogP contribution in [0.2, 0.25) is 0 Å². The monoisotopic (exact) mass is 391 g/mol. The first-order valence-corrected chi connectivity index (χ1v) is 9.97. The van der Waals surface area contributed by atoms with Gasteiger partial charge < -0.3 is 10.6 Å². The lowest BCUT2D eigenvalue weighted by Crippen LogP contribution is -2.44. The van der Waals surface area contributed by atoms with E-state index in [1.807, 2.05) is 49.4 Å². The highest BCUT2D eigenvalue weighted by Crippen LogP contribution is 2.31. The summed E-state index contributed by atoms with van der Waals surface area (Å²) in [4.78, 5) is 39.2. The van der Waals surface area contributed by atoms with Crippen molar-refractivity contribution in [1.29, 1.82) is 0 Å². The van der Waals surface area contributed by atoms with Gasteiger partial charge in [-0.05, 0) is 49.8 Å². The fraction of sp³-hybridized carbons (Fsp3) is 0.348. The molecule has 6 heteroatoms. The quantitative estimate of drug-likeness (QED) is 0.787. The zero-order valence-corrected chi connectivity index (χ0v) is 16.7. The van der Waals surface area contributed by atoms with Crippen LogP contribution >= 0.6 is 0 Å². The molecule has 0 radical (unpaired) electrons. The Morgan fingerprint density at radius 3 is 2.66 bits per heavy atom. The molecule has 0 unspecified atom stereocenters. The van der Waals surface area contributed by atoms with Crippen LogP contribution in [0.5, 0.6) is 0 Å². The van der Waals surface area contributed by atoms with E-state index in [2.05, 4.69) is 16.7 Å². The molecule has 6 nitrogen and oxygen atoms in total. The number of nitrogens with one attached hydrogen (secondary N) is 2. The second-order valence-electron chi connectivity index (χ2n) is 8.02. The summed E-state index contributed by atoms with van der Waals surface area (Å²) in [6.45, 7) is 3.35. The van der Waals surface area contributed by atoms with E-state index in [1.54, 1.807) is 6.92 Å². The number of imide groups is 1. The van der Waals surface area contributed by atoms with Gasteiger partial charge in [0.2, 0.25) is 5.91 Å². The second-order valence-corrected chi connectivity index (χ2v) is 8.02. The van der Waals surface area contributed by atoms with E-state index in [-0.39, 0.29) is 18.5 Å². The van der Waals surface area contributed by atoms with Crippen molar-refractivity contribution >= 4 is 17.8 Å². The Labute approximate surface area is 170 Å². The summed E-state index contributed by atoms with van der Waals surface area (Å²) in [6.07, 6.45) is 2.85. The Morgan fingerprint density at radius 2 is 1.90 bits per heavy atom. The van der Waals surface area contributed by atoms with E-state index in [1.165, 1.54) is 5.56 Å². The lowest BCUT2D eigenvalue weighted by molar-refractivity contribution is -0.135. The SMILES string of the molecule is Cc1ccc([C@]2(C)NC(=O)N(CC(=O)N[C@H]3CCCc4ccccc43)C2=O)cc1. The van der Waals surface area contributed by atoms with Gasteiger partial charge in [-0.2, -0.15) is 0 Å². The number of urea groups is 1. The molecule has 0 spiro atoms. The molecule has 2 atom stereocenters. The molecular formula is C23H25N3O3. The van der Waals surface area contributed by atoms with Crippen molar-refractivity contribution in [1.82, 2.24) is 15.5 Å². The summed E-state index contributed by atoms with van der Waals surface area (Å²) in [7, 11) is 0. The van der Waals surface area contributed by atoms with E-state index < -0.39 is 17.5 Å². The molecule has 150 valence electrons. The van der Waals surface area contributed by atoms with Crippen molar-refractivity contribution in [3.8, 4) is 0 Å². The van der Waals surface area contributed by atoms with E-state index in [9.17, 15) is 14.4 Å². The van der Waals surface area contributed by atoms with Crippen molar-refractivity contribution < 1.29 is 14.4 Å². The van der Waals surface area contributed by atoms with Crippen LogP contribution in [0.15, 0.2) is 48.5 Å². The Balaban J connectivity index is 1.47. The molecule has 0 aromatic heterocycles. The van der Waals surface area contributed by atoms with Gasteiger partial charge in [-0.15, -0.1) is 0 Å². The molecule has 2 N–H and O–H groups in total. The summed E-state index contributed by atoms with van der Waals surface area (Å²) in [6, 6.07) is 14.9. The maximum atomic E-state index is 13.0. The van der Waals surface area contributed by atoms with Crippen LogP contribution in [0.25, 0.3) is 0 Å².